The van der Waals surface area contributed by atoms with Crippen LogP contribution in [0.3, 0.4) is 0 Å². The number of nitrogens with zero attached hydrogens (tertiary/aromatic N) is 2. The summed E-state index contributed by atoms with van der Waals surface area (Å²) < 4.78 is 5.05. The number of ether oxygens (including phenoxy) is 1. The highest BCUT2D eigenvalue weighted by Crippen LogP contribution is 2.35. The first-order valence-electron chi connectivity index (χ1n) is 9.54. The molecule has 28 heavy (non-hydrogen) atoms. The Morgan fingerprint density at radius 2 is 2.25 bits per heavy atom. The predicted molar refractivity (Wildman–Crippen MR) is 116 cm³/mol. The quantitative estimate of drug-likeness (QED) is 0.452. The first kappa shape index (κ1) is 20.2. The Balaban J connectivity index is 1.87. The van der Waals surface area contributed by atoms with E-state index in [0.717, 1.165) is 52.8 Å². The van der Waals surface area contributed by atoms with Crippen LogP contribution in [0.2, 0.25) is 0 Å². The molecule has 0 saturated heterocycles. The van der Waals surface area contributed by atoms with Gasteiger partial charge in [0.05, 0.1) is 16.9 Å². The molecular formula is C21H26N4O2S. The zero-order chi connectivity index (χ0) is 19.8. The van der Waals surface area contributed by atoms with Crippen molar-refractivity contribution in [1.29, 1.82) is 0 Å². The molecule has 2 heterocycles. The highest BCUT2D eigenvalue weighted by atomic mass is 32.1. The van der Waals surface area contributed by atoms with E-state index in [-0.39, 0.29) is 0 Å². The molecule has 0 aromatic carbocycles. The van der Waals surface area contributed by atoms with Crippen molar-refractivity contribution in [2.45, 2.75) is 38.6 Å². The van der Waals surface area contributed by atoms with E-state index in [1.165, 1.54) is 17.8 Å². The number of nitrogens with one attached hydrogen (secondary N) is 2. The Kier molecular flexibility index (Phi) is 7.33. The van der Waals surface area contributed by atoms with Crippen LogP contribution < -0.4 is 10.6 Å². The monoisotopic (exact) mass is 398 g/mol. The molecule has 0 aliphatic heterocycles. The number of carbonyl (C=O) groups excluding carboxylic acids is 1. The maximum Gasteiger partial charge on any atom is 0.160 e. The lowest BCUT2D eigenvalue weighted by atomic mass is 9.93. The van der Waals surface area contributed by atoms with Crippen molar-refractivity contribution in [2.75, 3.05) is 19.0 Å². The summed E-state index contributed by atoms with van der Waals surface area (Å²) >= 11 is 1.39. The van der Waals surface area contributed by atoms with Crippen LogP contribution in [0.15, 0.2) is 36.5 Å². The summed E-state index contributed by atoms with van der Waals surface area (Å²) in [5.74, 6) is 0.808. The average Bonchev–Trinajstić information content (AvgIpc) is 3.03. The zero-order valence-electron chi connectivity index (χ0n) is 16.3. The summed E-state index contributed by atoms with van der Waals surface area (Å²) in [7, 11) is 1.67. The minimum atomic E-state index is 0.456. The fraction of sp³-hybridized carbons (Fsp3) is 0.381. The number of thiophene rings is 1. The number of hydrogen-bond acceptors (Lipinski definition) is 7. The Morgan fingerprint density at radius 1 is 1.39 bits per heavy atom. The molecule has 1 aliphatic carbocycles. The molecule has 0 atom stereocenters. The number of allylic oxidation sites excluding steroid dienone is 2. The van der Waals surface area contributed by atoms with Crippen LogP contribution in [-0.4, -0.2) is 36.0 Å². The third-order valence-corrected chi connectivity index (χ3v) is 5.63. The Labute approximate surface area is 169 Å². The summed E-state index contributed by atoms with van der Waals surface area (Å²) in [6, 6.07) is 0.456. The summed E-state index contributed by atoms with van der Waals surface area (Å²) in [4.78, 5) is 21.9. The third kappa shape index (κ3) is 4.85. The zero-order valence-corrected chi connectivity index (χ0v) is 17.1. The van der Waals surface area contributed by atoms with Gasteiger partial charge in [-0.1, -0.05) is 19.1 Å². The smallest absolute Gasteiger partial charge is 0.160 e. The summed E-state index contributed by atoms with van der Waals surface area (Å²) in [5.41, 5.74) is 1.83. The van der Waals surface area contributed by atoms with Crippen molar-refractivity contribution in [2.24, 2.45) is 0 Å². The normalized spacial score (nSPS) is 15.4. The van der Waals surface area contributed by atoms with Crippen molar-refractivity contribution >= 4 is 39.7 Å². The van der Waals surface area contributed by atoms with Crippen LogP contribution in [0.4, 0.5) is 5.82 Å². The second-order valence-electron chi connectivity index (χ2n) is 6.58. The molecule has 6 nitrogen and oxygen atoms in total. The fourth-order valence-corrected chi connectivity index (χ4v) is 3.91. The van der Waals surface area contributed by atoms with Crippen LogP contribution in [0.1, 0.15) is 47.8 Å². The van der Waals surface area contributed by atoms with E-state index in [1.807, 2.05) is 24.4 Å². The van der Waals surface area contributed by atoms with Gasteiger partial charge in [-0.2, -0.15) is 0 Å². The Hall–Kier alpha value is -2.51. The number of aromatic nitrogens is 2. The molecule has 1 saturated carbocycles. The van der Waals surface area contributed by atoms with E-state index in [9.17, 15) is 4.79 Å². The number of rotatable bonds is 10. The number of anilines is 1. The lowest BCUT2D eigenvalue weighted by Crippen LogP contribution is -2.27. The molecule has 148 valence electrons. The van der Waals surface area contributed by atoms with Gasteiger partial charge in [0.15, 0.2) is 6.29 Å². The van der Waals surface area contributed by atoms with Gasteiger partial charge in [-0.3, -0.25) is 4.79 Å². The van der Waals surface area contributed by atoms with Gasteiger partial charge in [0.2, 0.25) is 0 Å². The molecular weight excluding hydrogens is 372 g/mol. The first-order chi connectivity index (χ1) is 13.8. The second kappa shape index (κ2) is 10.1. The maximum atomic E-state index is 11.6. The molecule has 0 bridgehead atoms. The molecule has 0 amide bonds. The topological polar surface area (TPSA) is 76.1 Å². The van der Waals surface area contributed by atoms with E-state index in [0.29, 0.717) is 17.5 Å². The van der Waals surface area contributed by atoms with Gasteiger partial charge in [0, 0.05) is 30.6 Å². The standard InChI is InChI=1S/C21H26N4O2S/c1-3-6-15(9-5-12-27-2)22-11-10-17-18(13-26)28-21-19(17)20(23-14-24-21)25-16-7-4-8-16/h5-6,9-11,13-14,16,22H,3-4,7-8,12H2,1-2H3,(H,23,24,25)/b9-5-,11-10-,15-6+. The van der Waals surface area contributed by atoms with Crippen LogP contribution >= 0.6 is 11.3 Å². The van der Waals surface area contributed by atoms with Crippen molar-refractivity contribution < 1.29 is 9.53 Å². The number of aldehydes is 1. The summed E-state index contributed by atoms with van der Waals surface area (Å²) in [6.07, 6.45) is 16.7. The van der Waals surface area contributed by atoms with Gasteiger partial charge in [-0.25, -0.2) is 9.97 Å². The fourth-order valence-electron chi connectivity index (χ4n) is 2.97. The molecule has 2 aromatic heterocycles. The molecule has 1 fully saturated rings. The lowest BCUT2D eigenvalue weighted by molar-refractivity contribution is 0.112. The molecule has 1 aliphatic rings. The minimum absolute atomic E-state index is 0.456. The predicted octanol–water partition coefficient (Wildman–Crippen LogP) is 4.53. The van der Waals surface area contributed by atoms with Gasteiger partial charge in [0.1, 0.15) is 17.0 Å². The number of hydrogen-bond donors (Lipinski definition) is 2. The van der Waals surface area contributed by atoms with Crippen LogP contribution in [-0.2, 0) is 4.74 Å². The van der Waals surface area contributed by atoms with Crippen LogP contribution in [0, 0.1) is 0 Å². The van der Waals surface area contributed by atoms with Gasteiger partial charge in [-0.05, 0) is 37.8 Å². The second-order valence-corrected chi connectivity index (χ2v) is 7.61. The first-order valence-corrected chi connectivity index (χ1v) is 10.4. The highest BCUT2D eigenvalue weighted by molar-refractivity contribution is 7.20. The largest absolute Gasteiger partial charge is 0.381 e. The van der Waals surface area contributed by atoms with E-state index in [2.05, 4.69) is 33.6 Å². The van der Waals surface area contributed by atoms with Gasteiger partial charge >= 0.3 is 0 Å². The van der Waals surface area contributed by atoms with E-state index in [1.54, 1.807) is 13.4 Å². The molecule has 2 N–H and O–H groups in total. The third-order valence-electron chi connectivity index (χ3n) is 4.59. The van der Waals surface area contributed by atoms with Crippen LogP contribution in [0.5, 0.6) is 0 Å². The number of fused-ring (bicyclic) bond motifs is 1. The summed E-state index contributed by atoms with van der Waals surface area (Å²) in [6.45, 7) is 2.65. The van der Waals surface area contributed by atoms with Crippen LogP contribution in [0.25, 0.3) is 16.3 Å². The average molecular weight is 399 g/mol. The molecule has 7 heteroatoms. The van der Waals surface area contributed by atoms with E-state index < -0.39 is 0 Å². The molecule has 0 radical (unpaired) electrons. The van der Waals surface area contributed by atoms with Crippen molar-refractivity contribution in [3.8, 4) is 0 Å². The Morgan fingerprint density at radius 3 is 2.93 bits per heavy atom. The van der Waals surface area contributed by atoms with Gasteiger partial charge in [-0.15, -0.1) is 11.3 Å². The minimum Gasteiger partial charge on any atom is -0.381 e. The molecule has 0 spiro atoms. The van der Waals surface area contributed by atoms with Gasteiger partial charge in [0.25, 0.3) is 0 Å². The Bertz CT molecular complexity index is 897. The lowest BCUT2D eigenvalue weighted by Gasteiger charge is -2.27. The number of methoxy groups -OCH3 is 1. The van der Waals surface area contributed by atoms with Crippen molar-refractivity contribution in [3.05, 3.63) is 46.9 Å². The SMILES string of the molecule is CC/C=C(\C=C/COC)N/C=C\c1c(C=O)sc2ncnc(NC3CCC3)c12. The van der Waals surface area contributed by atoms with Gasteiger partial charge < -0.3 is 15.4 Å². The van der Waals surface area contributed by atoms with E-state index in [4.69, 9.17) is 4.74 Å². The summed E-state index contributed by atoms with van der Waals surface area (Å²) in [5, 5.41) is 7.70. The highest BCUT2D eigenvalue weighted by Gasteiger charge is 2.21. The van der Waals surface area contributed by atoms with Crippen molar-refractivity contribution in [1.82, 2.24) is 15.3 Å². The van der Waals surface area contributed by atoms with E-state index >= 15 is 0 Å². The molecule has 2 aromatic rings. The van der Waals surface area contributed by atoms with Crippen molar-refractivity contribution in [3.63, 3.8) is 0 Å². The maximum absolute atomic E-state index is 11.6. The molecule has 0 unspecified atom stereocenters. The molecule has 3 rings (SSSR count). The number of carbonyl (C=O) groups is 1.